The molecule has 0 bridgehead atoms. The molecule has 0 amide bonds. The van der Waals surface area contributed by atoms with E-state index < -0.39 is 6.23 Å². The highest BCUT2D eigenvalue weighted by atomic mass is 16.3. The number of amidine groups is 1. The normalized spacial score (nSPS) is 22.4. The van der Waals surface area contributed by atoms with E-state index in [2.05, 4.69) is 34.4 Å². The number of rotatable bonds is 5. The molecule has 0 heterocycles. The number of phenolic OH excluding ortho intramolecular Hbond substituents is 1. The Morgan fingerprint density at radius 1 is 1.13 bits per heavy atom. The van der Waals surface area contributed by atoms with Crippen molar-refractivity contribution in [2.75, 3.05) is 5.32 Å². The van der Waals surface area contributed by atoms with Gasteiger partial charge in [0, 0.05) is 16.6 Å². The number of fused-ring (bicyclic) bond motifs is 1. The predicted octanol–water partition coefficient (Wildman–Crippen LogP) is 5.95. The van der Waals surface area contributed by atoms with E-state index in [9.17, 15) is 10.2 Å². The monoisotopic (exact) mass is 402 g/mol. The number of para-hydroxylation sites is 1. The number of benzene rings is 3. The number of nitrogens with zero attached hydrogens (tertiary/aromatic N) is 3. The number of aromatic hydroxyl groups is 1. The fourth-order valence-corrected chi connectivity index (χ4v) is 3.65. The first-order valence-corrected chi connectivity index (χ1v) is 10.1. The summed E-state index contributed by atoms with van der Waals surface area (Å²) >= 11 is 0. The van der Waals surface area contributed by atoms with E-state index in [4.69, 9.17) is 0 Å². The molecule has 3 aromatic carbocycles. The van der Waals surface area contributed by atoms with Crippen molar-refractivity contribution < 1.29 is 10.2 Å². The SMILES string of the molecule is CC(/N=N/c1c(O)c(C(O)Nc2ccccc2)cc2ccccc12)=N\C1(C)CC1C. The molecule has 4 rings (SSSR count). The van der Waals surface area contributed by atoms with E-state index in [1.807, 2.05) is 61.5 Å². The van der Waals surface area contributed by atoms with Crippen LogP contribution in [0.15, 0.2) is 75.9 Å². The summed E-state index contributed by atoms with van der Waals surface area (Å²) in [6, 6.07) is 18.7. The molecule has 0 spiro atoms. The largest absolute Gasteiger partial charge is 0.505 e. The second kappa shape index (κ2) is 7.88. The van der Waals surface area contributed by atoms with Gasteiger partial charge in [0.25, 0.3) is 0 Å². The number of nitrogens with one attached hydrogen (secondary N) is 1. The van der Waals surface area contributed by atoms with E-state index in [-0.39, 0.29) is 11.3 Å². The van der Waals surface area contributed by atoms with Gasteiger partial charge in [-0.3, -0.25) is 4.99 Å². The Balaban J connectivity index is 1.71. The lowest BCUT2D eigenvalue weighted by Gasteiger charge is -2.18. The third-order valence-corrected chi connectivity index (χ3v) is 5.73. The topological polar surface area (TPSA) is 89.6 Å². The number of azo groups is 1. The number of phenols is 1. The Kier molecular flexibility index (Phi) is 5.26. The van der Waals surface area contributed by atoms with Crippen LogP contribution in [0, 0.1) is 5.92 Å². The first-order valence-electron chi connectivity index (χ1n) is 10.1. The van der Waals surface area contributed by atoms with Crippen LogP contribution in [0.4, 0.5) is 11.4 Å². The van der Waals surface area contributed by atoms with Crippen LogP contribution in [0.2, 0.25) is 0 Å². The quantitative estimate of drug-likeness (QED) is 0.213. The molecule has 6 nitrogen and oxygen atoms in total. The van der Waals surface area contributed by atoms with Crippen molar-refractivity contribution in [3.63, 3.8) is 0 Å². The van der Waals surface area contributed by atoms with Crippen molar-refractivity contribution in [3.8, 4) is 5.75 Å². The van der Waals surface area contributed by atoms with E-state index in [1.54, 1.807) is 6.07 Å². The van der Waals surface area contributed by atoms with Crippen LogP contribution in [0.25, 0.3) is 10.8 Å². The standard InChI is InChI=1S/C24H26N4O2/c1-15-14-24(15,3)26-16(2)27-28-21-19-12-8-7-9-17(19)13-20(22(21)29)23(30)25-18-10-5-4-6-11-18/h4-13,15,23,25,29-30H,14H2,1-3H3/b26-16+,28-27+. The van der Waals surface area contributed by atoms with Crippen LogP contribution in [0.5, 0.6) is 5.75 Å². The zero-order chi connectivity index (χ0) is 21.3. The van der Waals surface area contributed by atoms with Crippen molar-refractivity contribution in [1.82, 2.24) is 0 Å². The first-order chi connectivity index (χ1) is 14.4. The van der Waals surface area contributed by atoms with E-state index in [0.717, 1.165) is 22.9 Å². The van der Waals surface area contributed by atoms with Crippen molar-refractivity contribution in [2.45, 2.75) is 39.0 Å². The van der Waals surface area contributed by atoms with Gasteiger partial charge < -0.3 is 15.5 Å². The Labute approximate surface area is 176 Å². The van der Waals surface area contributed by atoms with Crippen LogP contribution in [-0.2, 0) is 0 Å². The number of aliphatic hydroxyl groups excluding tert-OH is 1. The smallest absolute Gasteiger partial charge is 0.154 e. The molecular formula is C24H26N4O2. The van der Waals surface area contributed by atoms with E-state index in [1.165, 1.54) is 0 Å². The number of aliphatic imine (C=N–C) groups is 1. The molecule has 1 fully saturated rings. The maximum atomic E-state index is 10.9. The molecule has 0 saturated heterocycles. The summed E-state index contributed by atoms with van der Waals surface area (Å²) < 4.78 is 0. The molecule has 30 heavy (non-hydrogen) atoms. The maximum absolute atomic E-state index is 10.9. The predicted molar refractivity (Wildman–Crippen MR) is 120 cm³/mol. The van der Waals surface area contributed by atoms with Crippen molar-refractivity contribution in [1.29, 1.82) is 0 Å². The lowest BCUT2D eigenvalue weighted by atomic mass is 10.0. The van der Waals surface area contributed by atoms with Gasteiger partial charge in [0.15, 0.2) is 12.0 Å². The summed E-state index contributed by atoms with van der Waals surface area (Å²) in [6.07, 6.45) is -0.0621. The minimum atomic E-state index is -1.10. The van der Waals surface area contributed by atoms with Crippen LogP contribution in [-0.4, -0.2) is 21.6 Å². The highest BCUT2D eigenvalue weighted by Crippen LogP contribution is 2.46. The Morgan fingerprint density at radius 3 is 2.50 bits per heavy atom. The number of hydrogen-bond acceptors (Lipinski definition) is 5. The third-order valence-electron chi connectivity index (χ3n) is 5.73. The van der Waals surface area contributed by atoms with Crippen LogP contribution in [0.3, 0.4) is 0 Å². The number of hydrogen-bond donors (Lipinski definition) is 3. The maximum Gasteiger partial charge on any atom is 0.154 e. The fraction of sp³-hybridized carbons (Fsp3) is 0.292. The molecule has 1 aliphatic carbocycles. The van der Waals surface area contributed by atoms with Gasteiger partial charge in [0.1, 0.15) is 11.5 Å². The van der Waals surface area contributed by atoms with Crippen molar-refractivity contribution in [2.24, 2.45) is 21.1 Å². The van der Waals surface area contributed by atoms with Crippen LogP contribution >= 0.6 is 0 Å². The summed E-state index contributed by atoms with van der Waals surface area (Å²) in [5.74, 6) is 1.00. The number of aliphatic hydroxyl groups is 1. The molecule has 1 saturated carbocycles. The molecule has 3 N–H and O–H groups in total. The van der Waals surface area contributed by atoms with Gasteiger partial charge in [0.2, 0.25) is 0 Å². The van der Waals surface area contributed by atoms with Gasteiger partial charge >= 0.3 is 0 Å². The average molecular weight is 402 g/mol. The molecule has 0 radical (unpaired) electrons. The first kappa shape index (κ1) is 20.0. The van der Waals surface area contributed by atoms with Crippen molar-refractivity contribution >= 4 is 28.0 Å². The second-order valence-electron chi connectivity index (χ2n) is 8.12. The molecule has 3 atom stereocenters. The molecule has 6 heteroatoms. The Morgan fingerprint density at radius 2 is 1.80 bits per heavy atom. The number of anilines is 1. The molecule has 0 aromatic heterocycles. The highest BCUT2D eigenvalue weighted by Gasteiger charge is 2.46. The minimum Gasteiger partial charge on any atom is -0.505 e. The fourth-order valence-electron chi connectivity index (χ4n) is 3.65. The second-order valence-corrected chi connectivity index (χ2v) is 8.12. The summed E-state index contributed by atoms with van der Waals surface area (Å²) in [7, 11) is 0. The summed E-state index contributed by atoms with van der Waals surface area (Å²) in [6.45, 7) is 6.09. The van der Waals surface area contributed by atoms with Crippen LogP contribution < -0.4 is 5.32 Å². The summed E-state index contributed by atoms with van der Waals surface area (Å²) in [4.78, 5) is 4.65. The molecular weight excluding hydrogens is 376 g/mol. The molecule has 3 aromatic rings. The average Bonchev–Trinajstić information content (AvgIpc) is 3.32. The highest BCUT2D eigenvalue weighted by molar-refractivity contribution is 5.97. The summed E-state index contributed by atoms with van der Waals surface area (Å²) in [5, 5.41) is 34.9. The Bertz CT molecular complexity index is 1130. The van der Waals surface area contributed by atoms with E-state index in [0.29, 0.717) is 23.0 Å². The third kappa shape index (κ3) is 4.04. The summed E-state index contributed by atoms with van der Waals surface area (Å²) in [5.41, 5.74) is 1.34. The molecule has 3 unspecified atom stereocenters. The van der Waals surface area contributed by atoms with Gasteiger partial charge in [-0.25, -0.2) is 0 Å². The van der Waals surface area contributed by atoms with Gasteiger partial charge in [0.05, 0.1) is 5.54 Å². The van der Waals surface area contributed by atoms with Gasteiger partial charge in [-0.1, -0.05) is 49.4 Å². The zero-order valence-electron chi connectivity index (χ0n) is 17.4. The van der Waals surface area contributed by atoms with Crippen LogP contribution in [0.1, 0.15) is 39.0 Å². The molecule has 154 valence electrons. The lowest BCUT2D eigenvalue weighted by Crippen LogP contribution is -2.10. The minimum absolute atomic E-state index is 0.0646. The lowest BCUT2D eigenvalue weighted by molar-refractivity contribution is 0.204. The zero-order valence-corrected chi connectivity index (χ0v) is 17.4. The van der Waals surface area contributed by atoms with Gasteiger partial charge in [-0.05, 0) is 49.8 Å². The van der Waals surface area contributed by atoms with E-state index >= 15 is 0 Å². The van der Waals surface area contributed by atoms with Gasteiger partial charge in [-0.15, -0.1) is 10.2 Å². The Hall–Kier alpha value is -3.25. The molecule has 1 aliphatic rings. The van der Waals surface area contributed by atoms with Crippen molar-refractivity contribution in [3.05, 3.63) is 66.2 Å². The van der Waals surface area contributed by atoms with Gasteiger partial charge in [-0.2, -0.15) is 0 Å². The molecule has 0 aliphatic heterocycles.